The Labute approximate surface area is 162 Å². The number of hydrogen-bond acceptors (Lipinski definition) is 7. The van der Waals surface area contributed by atoms with Crippen LogP contribution >= 0.6 is 0 Å². The number of benzene rings is 1. The van der Waals surface area contributed by atoms with Crippen LogP contribution in [0, 0.1) is 5.82 Å². The van der Waals surface area contributed by atoms with Gasteiger partial charge in [-0.2, -0.15) is 5.10 Å². The van der Waals surface area contributed by atoms with Gasteiger partial charge < -0.3 is 10.1 Å². The highest BCUT2D eigenvalue weighted by atomic mass is 19.1. The van der Waals surface area contributed by atoms with Crippen molar-refractivity contribution in [3.63, 3.8) is 0 Å². The topological polar surface area (TPSA) is 76.1 Å². The van der Waals surface area contributed by atoms with Gasteiger partial charge in [0.05, 0.1) is 31.1 Å². The van der Waals surface area contributed by atoms with Gasteiger partial charge in [-0.25, -0.2) is 9.37 Å². The Morgan fingerprint density at radius 1 is 1.11 bits per heavy atom. The van der Waals surface area contributed by atoms with Crippen LogP contribution in [-0.4, -0.2) is 57.9 Å². The first kappa shape index (κ1) is 18.4. The summed E-state index contributed by atoms with van der Waals surface area (Å²) < 4.78 is 18.6. The van der Waals surface area contributed by atoms with Crippen LogP contribution in [0.4, 0.5) is 10.3 Å². The van der Waals surface area contributed by atoms with E-state index < -0.39 is 0 Å². The van der Waals surface area contributed by atoms with Crippen molar-refractivity contribution in [1.82, 2.24) is 25.1 Å². The number of halogens is 1. The number of aromatic nitrogens is 4. The van der Waals surface area contributed by atoms with Crippen molar-refractivity contribution in [2.75, 3.05) is 38.2 Å². The number of anilines is 1. The molecule has 0 bridgehead atoms. The van der Waals surface area contributed by atoms with E-state index in [1.807, 2.05) is 12.3 Å². The molecule has 1 aliphatic heterocycles. The Morgan fingerprint density at radius 3 is 2.68 bits per heavy atom. The molecule has 0 aliphatic carbocycles. The SMILES string of the molecule is Fc1ccc(-c2cnnc(NC[C@@H](c3cccnc3)N3CCOCC3)n2)cc1. The maximum Gasteiger partial charge on any atom is 0.243 e. The number of nitrogens with zero attached hydrogens (tertiary/aromatic N) is 5. The zero-order valence-electron chi connectivity index (χ0n) is 15.3. The highest BCUT2D eigenvalue weighted by Gasteiger charge is 2.23. The fourth-order valence-electron chi connectivity index (χ4n) is 3.25. The summed E-state index contributed by atoms with van der Waals surface area (Å²) in [6, 6.07) is 10.3. The van der Waals surface area contributed by atoms with Crippen molar-refractivity contribution in [3.8, 4) is 11.3 Å². The quantitative estimate of drug-likeness (QED) is 0.704. The van der Waals surface area contributed by atoms with Crippen molar-refractivity contribution in [1.29, 1.82) is 0 Å². The Hall–Kier alpha value is -2.97. The van der Waals surface area contributed by atoms with Crippen LogP contribution in [0.25, 0.3) is 11.3 Å². The van der Waals surface area contributed by atoms with Crippen LogP contribution in [-0.2, 0) is 4.74 Å². The molecular formula is C20H21FN6O. The van der Waals surface area contributed by atoms with E-state index in [0.29, 0.717) is 18.2 Å². The molecule has 28 heavy (non-hydrogen) atoms. The molecule has 0 saturated carbocycles. The lowest BCUT2D eigenvalue weighted by molar-refractivity contribution is 0.0186. The number of nitrogens with one attached hydrogen (secondary N) is 1. The Balaban J connectivity index is 1.50. The summed E-state index contributed by atoms with van der Waals surface area (Å²) in [5.41, 5.74) is 2.55. The minimum absolute atomic E-state index is 0.121. The molecule has 1 N–H and O–H groups in total. The molecule has 3 aromatic rings. The van der Waals surface area contributed by atoms with Crippen molar-refractivity contribution in [3.05, 3.63) is 66.4 Å². The molecule has 1 aliphatic rings. The summed E-state index contributed by atoms with van der Waals surface area (Å²) in [6.45, 7) is 3.76. The van der Waals surface area contributed by atoms with E-state index in [9.17, 15) is 4.39 Å². The molecule has 1 fully saturated rings. The minimum Gasteiger partial charge on any atom is -0.379 e. The van der Waals surface area contributed by atoms with Crippen LogP contribution in [0.1, 0.15) is 11.6 Å². The third-order valence-corrected chi connectivity index (χ3v) is 4.71. The van der Waals surface area contributed by atoms with Crippen LogP contribution in [0.5, 0.6) is 0 Å². The lowest BCUT2D eigenvalue weighted by atomic mass is 10.1. The van der Waals surface area contributed by atoms with Gasteiger partial charge in [-0.05, 0) is 35.9 Å². The van der Waals surface area contributed by atoms with E-state index in [1.165, 1.54) is 12.1 Å². The van der Waals surface area contributed by atoms with Gasteiger partial charge in [0.1, 0.15) is 5.82 Å². The van der Waals surface area contributed by atoms with Crippen molar-refractivity contribution >= 4 is 5.95 Å². The smallest absolute Gasteiger partial charge is 0.243 e. The maximum atomic E-state index is 13.1. The van der Waals surface area contributed by atoms with Crippen LogP contribution < -0.4 is 5.32 Å². The number of morpholine rings is 1. The lowest BCUT2D eigenvalue weighted by Gasteiger charge is -2.34. The Kier molecular flexibility index (Phi) is 5.79. The van der Waals surface area contributed by atoms with Gasteiger partial charge >= 0.3 is 0 Å². The molecule has 0 amide bonds. The van der Waals surface area contributed by atoms with E-state index >= 15 is 0 Å². The first-order valence-corrected chi connectivity index (χ1v) is 9.21. The predicted molar refractivity (Wildman–Crippen MR) is 103 cm³/mol. The summed E-state index contributed by atoms with van der Waals surface area (Å²) in [7, 11) is 0. The van der Waals surface area contributed by atoms with Crippen LogP contribution in [0.3, 0.4) is 0 Å². The van der Waals surface area contributed by atoms with Crippen LogP contribution in [0.15, 0.2) is 55.0 Å². The zero-order chi connectivity index (χ0) is 19.2. The number of ether oxygens (including phenoxy) is 1. The second-order valence-corrected chi connectivity index (χ2v) is 6.50. The van der Waals surface area contributed by atoms with E-state index in [0.717, 1.165) is 37.4 Å². The number of pyridine rings is 1. The average Bonchev–Trinajstić information content (AvgIpc) is 2.76. The fraction of sp³-hybridized carbons (Fsp3) is 0.300. The summed E-state index contributed by atoms with van der Waals surface area (Å²) in [5, 5.41) is 11.4. The second-order valence-electron chi connectivity index (χ2n) is 6.50. The molecule has 0 radical (unpaired) electrons. The Bertz CT molecular complexity index is 887. The zero-order valence-corrected chi connectivity index (χ0v) is 15.3. The summed E-state index contributed by atoms with van der Waals surface area (Å²) in [4.78, 5) is 11.1. The first-order valence-electron chi connectivity index (χ1n) is 9.21. The third-order valence-electron chi connectivity index (χ3n) is 4.71. The second kappa shape index (κ2) is 8.81. The minimum atomic E-state index is -0.283. The van der Waals surface area contributed by atoms with Crippen LogP contribution in [0.2, 0.25) is 0 Å². The molecular weight excluding hydrogens is 359 g/mol. The lowest BCUT2D eigenvalue weighted by Crippen LogP contribution is -2.41. The van der Waals surface area contributed by atoms with Crippen molar-refractivity contribution in [2.45, 2.75) is 6.04 Å². The molecule has 1 aromatic carbocycles. The van der Waals surface area contributed by atoms with Gasteiger partial charge in [0.25, 0.3) is 0 Å². The maximum absolute atomic E-state index is 13.1. The summed E-state index contributed by atoms with van der Waals surface area (Å²) >= 11 is 0. The molecule has 3 heterocycles. The number of hydrogen-bond donors (Lipinski definition) is 1. The van der Waals surface area contributed by atoms with Gasteiger partial charge in [-0.1, -0.05) is 6.07 Å². The highest BCUT2D eigenvalue weighted by Crippen LogP contribution is 2.22. The third kappa shape index (κ3) is 4.47. The molecule has 0 unspecified atom stereocenters. The predicted octanol–water partition coefficient (Wildman–Crippen LogP) is 2.56. The molecule has 1 saturated heterocycles. The van der Waals surface area contributed by atoms with E-state index in [1.54, 1.807) is 24.5 Å². The highest BCUT2D eigenvalue weighted by molar-refractivity contribution is 5.58. The first-order chi connectivity index (χ1) is 13.8. The fourth-order valence-corrected chi connectivity index (χ4v) is 3.25. The summed E-state index contributed by atoms with van der Waals surface area (Å²) in [5.74, 6) is 0.151. The standard InChI is InChI=1S/C20H21FN6O/c21-17-5-3-15(4-6-17)18-13-24-26-20(25-18)23-14-19(16-2-1-7-22-12-16)27-8-10-28-11-9-27/h1-7,12-13,19H,8-11,14H2,(H,23,25,26)/t19-/m0/s1. The van der Waals surface area contributed by atoms with Gasteiger partial charge in [-0.15, -0.1) is 5.10 Å². The molecule has 0 spiro atoms. The average molecular weight is 380 g/mol. The van der Waals surface area contributed by atoms with Crippen molar-refractivity contribution < 1.29 is 9.13 Å². The van der Waals surface area contributed by atoms with Gasteiger partial charge in [0.2, 0.25) is 5.95 Å². The van der Waals surface area contributed by atoms with E-state index in [2.05, 4.69) is 36.4 Å². The molecule has 8 heteroatoms. The van der Waals surface area contributed by atoms with Gasteiger partial charge in [-0.3, -0.25) is 9.88 Å². The summed E-state index contributed by atoms with van der Waals surface area (Å²) in [6.07, 6.45) is 5.22. The molecule has 144 valence electrons. The number of rotatable bonds is 6. The Morgan fingerprint density at radius 2 is 1.93 bits per heavy atom. The monoisotopic (exact) mass is 380 g/mol. The molecule has 4 rings (SSSR count). The normalized spacial score (nSPS) is 15.9. The molecule has 1 atom stereocenters. The van der Waals surface area contributed by atoms with Crippen molar-refractivity contribution in [2.24, 2.45) is 0 Å². The van der Waals surface area contributed by atoms with E-state index in [-0.39, 0.29) is 11.9 Å². The largest absolute Gasteiger partial charge is 0.379 e. The molecule has 2 aromatic heterocycles. The van der Waals surface area contributed by atoms with E-state index in [4.69, 9.17) is 4.74 Å². The molecule has 7 nitrogen and oxygen atoms in total. The van der Waals surface area contributed by atoms with Gasteiger partial charge in [0.15, 0.2) is 0 Å². The van der Waals surface area contributed by atoms with Gasteiger partial charge in [0, 0.05) is 37.6 Å².